The Kier molecular flexibility index (Phi) is 5.49. The van der Waals surface area contributed by atoms with Crippen molar-refractivity contribution in [3.63, 3.8) is 0 Å². The van der Waals surface area contributed by atoms with Gasteiger partial charge in [0.15, 0.2) is 0 Å². The summed E-state index contributed by atoms with van der Waals surface area (Å²) in [5, 5.41) is 12.5. The van der Waals surface area contributed by atoms with Gasteiger partial charge in [-0.05, 0) is 32.1 Å². The van der Waals surface area contributed by atoms with Gasteiger partial charge in [0.25, 0.3) is 0 Å². The zero-order chi connectivity index (χ0) is 10.4. The lowest BCUT2D eigenvalue weighted by Gasteiger charge is -2.24. The first-order chi connectivity index (χ1) is 6.77. The van der Waals surface area contributed by atoms with Gasteiger partial charge in [-0.2, -0.15) is 0 Å². The highest BCUT2D eigenvalue weighted by molar-refractivity contribution is 4.84. The molecule has 84 valence electrons. The Morgan fingerprint density at radius 1 is 1.43 bits per heavy atom. The third-order valence-corrected chi connectivity index (χ3v) is 3.36. The van der Waals surface area contributed by atoms with Crippen LogP contribution in [0.25, 0.3) is 0 Å². The fourth-order valence-corrected chi connectivity index (χ4v) is 2.49. The maximum absolute atomic E-state index is 8.99. The van der Waals surface area contributed by atoms with Crippen LogP contribution in [0, 0.1) is 5.92 Å². The summed E-state index contributed by atoms with van der Waals surface area (Å²) in [5.74, 6) is 0.865. The van der Waals surface area contributed by atoms with Crippen LogP contribution in [0.2, 0.25) is 0 Å². The quantitative estimate of drug-likeness (QED) is 0.688. The summed E-state index contributed by atoms with van der Waals surface area (Å²) in [7, 11) is 0. The van der Waals surface area contributed by atoms with Crippen LogP contribution in [0.1, 0.15) is 52.4 Å². The Hall–Kier alpha value is -0.0800. The zero-order valence-electron chi connectivity index (χ0n) is 9.63. The molecule has 1 aliphatic carbocycles. The van der Waals surface area contributed by atoms with Crippen LogP contribution in [0.4, 0.5) is 0 Å². The smallest absolute Gasteiger partial charge is 0.0582 e. The first-order valence-corrected chi connectivity index (χ1v) is 6.14. The molecule has 0 aromatic carbocycles. The number of aliphatic hydroxyl groups excluding tert-OH is 1. The minimum absolute atomic E-state index is 0.261. The van der Waals surface area contributed by atoms with Crippen LogP contribution in [0.3, 0.4) is 0 Å². The van der Waals surface area contributed by atoms with Crippen LogP contribution in [0.5, 0.6) is 0 Å². The average molecular weight is 199 g/mol. The number of hydrogen-bond acceptors (Lipinski definition) is 2. The highest BCUT2D eigenvalue weighted by Crippen LogP contribution is 2.30. The van der Waals surface area contributed by atoms with Gasteiger partial charge in [0.1, 0.15) is 0 Å². The lowest BCUT2D eigenvalue weighted by Crippen LogP contribution is -2.40. The Morgan fingerprint density at radius 2 is 2.21 bits per heavy atom. The van der Waals surface area contributed by atoms with Gasteiger partial charge in [-0.15, -0.1) is 0 Å². The molecule has 0 amide bonds. The van der Waals surface area contributed by atoms with Gasteiger partial charge in [0.05, 0.1) is 6.61 Å². The second-order valence-electron chi connectivity index (χ2n) is 4.69. The molecule has 0 spiro atoms. The molecular weight excluding hydrogens is 174 g/mol. The summed E-state index contributed by atoms with van der Waals surface area (Å²) in [4.78, 5) is 0. The average Bonchev–Trinajstić information content (AvgIpc) is 2.62. The standard InChI is InChI=1S/C12H25NO/c1-3-4-6-11-7-5-8-12(11)13-10(2)9-14/h10-14H,3-9H2,1-2H3. The molecule has 2 heteroatoms. The topological polar surface area (TPSA) is 32.3 Å². The van der Waals surface area contributed by atoms with Crippen LogP contribution in [-0.4, -0.2) is 23.8 Å². The maximum atomic E-state index is 8.99. The molecule has 0 aliphatic heterocycles. The Labute approximate surface area is 88.1 Å². The van der Waals surface area contributed by atoms with E-state index in [9.17, 15) is 0 Å². The van der Waals surface area contributed by atoms with E-state index in [1.165, 1.54) is 38.5 Å². The number of aliphatic hydroxyl groups is 1. The molecule has 1 saturated carbocycles. The van der Waals surface area contributed by atoms with Crippen molar-refractivity contribution < 1.29 is 5.11 Å². The summed E-state index contributed by atoms with van der Waals surface area (Å²) in [5.41, 5.74) is 0. The molecule has 14 heavy (non-hydrogen) atoms. The van der Waals surface area contributed by atoms with Gasteiger partial charge in [-0.3, -0.25) is 0 Å². The van der Waals surface area contributed by atoms with Gasteiger partial charge < -0.3 is 10.4 Å². The van der Waals surface area contributed by atoms with Crippen molar-refractivity contribution >= 4 is 0 Å². The largest absolute Gasteiger partial charge is 0.395 e. The molecule has 0 radical (unpaired) electrons. The van der Waals surface area contributed by atoms with Gasteiger partial charge in [-0.25, -0.2) is 0 Å². The van der Waals surface area contributed by atoms with E-state index >= 15 is 0 Å². The van der Waals surface area contributed by atoms with Crippen molar-refractivity contribution in [3.8, 4) is 0 Å². The second kappa shape index (κ2) is 6.41. The molecule has 0 saturated heterocycles. The monoisotopic (exact) mass is 199 g/mol. The Morgan fingerprint density at radius 3 is 2.86 bits per heavy atom. The number of rotatable bonds is 6. The van der Waals surface area contributed by atoms with Crippen LogP contribution >= 0.6 is 0 Å². The van der Waals surface area contributed by atoms with Crippen LogP contribution in [0.15, 0.2) is 0 Å². The normalized spacial score (nSPS) is 29.4. The molecule has 1 fully saturated rings. The predicted molar refractivity (Wildman–Crippen MR) is 60.3 cm³/mol. The van der Waals surface area contributed by atoms with E-state index in [-0.39, 0.29) is 12.6 Å². The molecule has 3 unspecified atom stereocenters. The third-order valence-electron chi connectivity index (χ3n) is 3.36. The summed E-state index contributed by atoms with van der Waals surface area (Å²) >= 11 is 0. The Bertz CT molecular complexity index is 149. The molecule has 0 heterocycles. The molecule has 1 aliphatic rings. The van der Waals surface area contributed by atoms with E-state index in [1.54, 1.807) is 0 Å². The molecule has 0 bridgehead atoms. The first-order valence-electron chi connectivity index (χ1n) is 6.14. The van der Waals surface area contributed by atoms with Gasteiger partial charge in [-0.1, -0.05) is 26.2 Å². The third kappa shape index (κ3) is 3.58. The SMILES string of the molecule is CCCCC1CCCC1NC(C)CO. The van der Waals surface area contributed by atoms with Crippen molar-refractivity contribution in [3.05, 3.63) is 0 Å². The number of unbranched alkanes of at least 4 members (excludes halogenated alkanes) is 1. The van der Waals surface area contributed by atoms with Crippen LogP contribution in [-0.2, 0) is 0 Å². The summed E-state index contributed by atoms with van der Waals surface area (Å²) in [6.07, 6.45) is 8.08. The van der Waals surface area contributed by atoms with Crippen molar-refractivity contribution in [1.82, 2.24) is 5.32 Å². The van der Waals surface area contributed by atoms with Gasteiger partial charge >= 0.3 is 0 Å². The fraction of sp³-hybridized carbons (Fsp3) is 1.00. The first kappa shape index (κ1) is 12.0. The van der Waals surface area contributed by atoms with Gasteiger partial charge in [0.2, 0.25) is 0 Å². The number of nitrogens with one attached hydrogen (secondary N) is 1. The van der Waals surface area contributed by atoms with Crippen molar-refractivity contribution in [2.24, 2.45) is 5.92 Å². The van der Waals surface area contributed by atoms with Gasteiger partial charge in [0, 0.05) is 12.1 Å². The zero-order valence-corrected chi connectivity index (χ0v) is 9.63. The fourth-order valence-electron chi connectivity index (χ4n) is 2.49. The van der Waals surface area contributed by atoms with Crippen molar-refractivity contribution in [2.45, 2.75) is 64.5 Å². The molecule has 0 aromatic heterocycles. The second-order valence-corrected chi connectivity index (χ2v) is 4.69. The minimum Gasteiger partial charge on any atom is -0.395 e. The van der Waals surface area contributed by atoms with E-state index in [0.717, 1.165) is 5.92 Å². The lowest BCUT2D eigenvalue weighted by molar-refractivity contribution is 0.227. The number of hydrogen-bond donors (Lipinski definition) is 2. The molecule has 1 rings (SSSR count). The van der Waals surface area contributed by atoms with E-state index in [4.69, 9.17) is 5.11 Å². The summed E-state index contributed by atoms with van der Waals surface area (Å²) < 4.78 is 0. The molecule has 2 nitrogen and oxygen atoms in total. The van der Waals surface area contributed by atoms with Crippen LogP contribution < -0.4 is 5.32 Å². The summed E-state index contributed by atoms with van der Waals surface area (Å²) in [6.45, 7) is 4.58. The lowest BCUT2D eigenvalue weighted by atomic mass is 9.96. The molecule has 3 atom stereocenters. The highest BCUT2D eigenvalue weighted by atomic mass is 16.3. The van der Waals surface area contributed by atoms with Crippen molar-refractivity contribution in [2.75, 3.05) is 6.61 Å². The predicted octanol–water partition coefficient (Wildman–Crippen LogP) is 2.32. The molecular formula is C12H25NO. The van der Waals surface area contributed by atoms with Crippen molar-refractivity contribution in [1.29, 1.82) is 0 Å². The van der Waals surface area contributed by atoms with E-state index in [2.05, 4.69) is 19.2 Å². The highest BCUT2D eigenvalue weighted by Gasteiger charge is 2.27. The van der Waals surface area contributed by atoms with E-state index < -0.39 is 0 Å². The maximum Gasteiger partial charge on any atom is 0.0582 e. The Balaban J connectivity index is 2.27. The van der Waals surface area contributed by atoms with E-state index in [0.29, 0.717) is 6.04 Å². The molecule has 2 N–H and O–H groups in total. The van der Waals surface area contributed by atoms with E-state index in [1.807, 2.05) is 0 Å². The minimum atomic E-state index is 0.261. The summed E-state index contributed by atoms with van der Waals surface area (Å²) in [6, 6.07) is 0.936. The molecule has 0 aromatic rings.